The minimum absolute atomic E-state index is 0.251. The van der Waals surface area contributed by atoms with Crippen LogP contribution in [0.5, 0.6) is 0 Å². The van der Waals surface area contributed by atoms with Gasteiger partial charge in [-0.2, -0.15) is 0 Å². The smallest absolute Gasteiger partial charge is 0.143 e. The zero-order valence-electron chi connectivity index (χ0n) is 16.4. The molecule has 7 heteroatoms. The van der Waals surface area contributed by atoms with Gasteiger partial charge in [-0.25, -0.2) is 0 Å². The molecule has 154 valence electrons. The highest BCUT2D eigenvalue weighted by Gasteiger charge is 2.62. The first kappa shape index (κ1) is 24.2. The van der Waals surface area contributed by atoms with E-state index >= 15 is 0 Å². The van der Waals surface area contributed by atoms with Gasteiger partial charge in [-0.3, -0.25) is 0 Å². The van der Waals surface area contributed by atoms with Crippen LogP contribution >= 0.6 is 32.4 Å². The minimum atomic E-state index is -8.54. The van der Waals surface area contributed by atoms with Crippen molar-refractivity contribution in [1.29, 1.82) is 0 Å². The van der Waals surface area contributed by atoms with Gasteiger partial charge < -0.3 is 0 Å². The molecule has 0 spiro atoms. The fourth-order valence-corrected chi connectivity index (χ4v) is 3.28. The molecule has 0 saturated heterocycles. The number of hydrogen-bond acceptors (Lipinski definition) is 1. The van der Waals surface area contributed by atoms with Crippen LogP contribution in [0.25, 0.3) is 0 Å². The third kappa shape index (κ3) is 7.96. The van der Waals surface area contributed by atoms with Crippen molar-refractivity contribution in [1.82, 2.24) is 0 Å². The van der Waals surface area contributed by atoms with Crippen LogP contribution in [0.4, 0.5) is 15.5 Å². The molecular weight excluding hydrogens is 416 g/mol. The normalized spacial score (nSPS) is 15.3. The zero-order valence-corrected chi connectivity index (χ0v) is 18.8. The van der Waals surface area contributed by atoms with Gasteiger partial charge in [0, 0.05) is 15.6 Å². The number of hydrogen-bond donors (Lipinski definition) is 1. The van der Waals surface area contributed by atoms with Crippen molar-refractivity contribution in [3.8, 4) is 0 Å². The summed E-state index contributed by atoms with van der Waals surface area (Å²) >= 11 is 4.23. The summed E-state index contributed by atoms with van der Waals surface area (Å²) in [5.74, 6) is 0. The first-order chi connectivity index (χ1) is 11.7. The lowest BCUT2D eigenvalue weighted by Gasteiger charge is -2.42. The summed E-state index contributed by atoms with van der Waals surface area (Å²) < 4.78 is 51.2. The van der Waals surface area contributed by atoms with Crippen molar-refractivity contribution in [2.45, 2.75) is 62.2 Å². The second-order valence-electron chi connectivity index (χ2n) is 8.54. The lowest BCUT2D eigenvalue weighted by molar-refractivity contribution is 0.479. The molecular formula is C20H27ClF4S2. The standard InChI is InChI=1S/C10H13ClF4S.C10H14S/c1-10(2,3)8-4-6-9(7-5-8)16(11,12,13,14)15;1-10(2,3)8-4-6-9(11)7-5-8/h4-7H,1-3H3;4-7,11H,1-3H3. The summed E-state index contributed by atoms with van der Waals surface area (Å²) in [6, 6.07) is 12.2. The van der Waals surface area contributed by atoms with Crippen LogP contribution in [0.2, 0.25) is 0 Å². The molecule has 0 aliphatic heterocycles. The molecule has 0 fully saturated rings. The van der Waals surface area contributed by atoms with Gasteiger partial charge in [0.1, 0.15) is 0 Å². The second kappa shape index (κ2) is 6.89. The van der Waals surface area contributed by atoms with Crippen LogP contribution < -0.4 is 0 Å². The average Bonchev–Trinajstić information content (AvgIpc) is 2.44. The molecule has 27 heavy (non-hydrogen) atoms. The topological polar surface area (TPSA) is 0 Å². The second-order valence-corrected chi connectivity index (χ2v) is 13.3. The average molecular weight is 443 g/mol. The predicted molar refractivity (Wildman–Crippen MR) is 114 cm³/mol. The van der Waals surface area contributed by atoms with Gasteiger partial charge in [0.15, 0.2) is 0 Å². The first-order valence-electron chi connectivity index (χ1n) is 8.34. The fraction of sp³-hybridized carbons (Fsp3) is 0.400. The van der Waals surface area contributed by atoms with Crippen molar-refractivity contribution >= 4 is 32.4 Å². The zero-order chi connectivity index (χ0) is 21.4. The Balaban J connectivity index is 0.000000289. The summed E-state index contributed by atoms with van der Waals surface area (Å²) in [6.45, 7) is 12.2. The molecule has 0 unspecified atom stereocenters. The van der Waals surface area contributed by atoms with Crippen LogP contribution in [0.1, 0.15) is 52.7 Å². The van der Waals surface area contributed by atoms with Crippen molar-refractivity contribution in [2.75, 3.05) is 0 Å². The summed E-state index contributed by atoms with van der Waals surface area (Å²) in [7, 11) is -4.36. The lowest BCUT2D eigenvalue weighted by Crippen LogP contribution is -2.12. The highest BCUT2D eigenvalue weighted by atomic mass is 35.7. The van der Waals surface area contributed by atoms with Gasteiger partial charge in [0.25, 0.3) is 9.05 Å². The lowest BCUT2D eigenvalue weighted by atomic mass is 9.87. The van der Waals surface area contributed by atoms with Crippen molar-refractivity contribution < 1.29 is 15.5 Å². The van der Waals surface area contributed by atoms with E-state index in [0.29, 0.717) is 17.7 Å². The molecule has 0 bridgehead atoms. The van der Waals surface area contributed by atoms with E-state index in [9.17, 15) is 15.5 Å². The van der Waals surface area contributed by atoms with Crippen LogP contribution in [-0.2, 0) is 10.8 Å². The Morgan fingerprint density at radius 1 is 0.667 bits per heavy atom. The highest BCUT2D eigenvalue weighted by molar-refractivity contribution is 8.65. The Kier molecular flexibility index (Phi) is 6.17. The Hall–Kier alpha value is -0.850. The maximum absolute atomic E-state index is 12.8. The van der Waals surface area contributed by atoms with E-state index in [2.05, 4.69) is 56.2 Å². The summed E-state index contributed by atoms with van der Waals surface area (Å²) in [6.07, 6.45) is 0. The molecule has 0 aliphatic rings. The van der Waals surface area contributed by atoms with Crippen LogP contribution in [-0.4, -0.2) is 0 Å². The molecule has 2 rings (SSSR count). The molecule has 0 saturated carbocycles. The van der Waals surface area contributed by atoms with Crippen molar-refractivity contribution in [3.05, 3.63) is 59.7 Å². The third-order valence-corrected chi connectivity index (χ3v) is 5.89. The quantitative estimate of drug-likeness (QED) is 0.330. The summed E-state index contributed by atoms with van der Waals surface area (Å²) in [4.78, 5) is -0.382. The summed E-state index contributed by atoms with van der Waals surface area (Å²) in [5, 5.41) is 0. The Bertz CT molecular complexity index is 767. The molecule has 0 N–H and O–H groups in total. The number of halogens is 5. The van der Waals surface area contributed by atoms with E-state index in [4.69, 9.17) is 0 Å². The van der Waals surface area contributed by atoms with Gasteiger partial charge in [-0.1, -0.05) is 65.8 Å². The molecule has 0 nitrogen and oxygen atoms in total. The van der Waals surface area contributed by atoms with E-state index in [1.54, 1.807) is 0 Å². The highest BCUT2D eigenvalue weighted by Crippen LogP contribution is 3.04. The van der Waals surface area contributed by atoms with E-state index in [1.807, 2.05) is 32.9 Å². The van der Waals surface area contributed by atoms with Crippen molar-refractivity contribution in [3.63, 3.8) is 0 Å². The van der Waals surface area contributed by atoms with Gasteiger partial charge in [-0.15, -0.1) is 28.2 Å². The third-order valence-electron chi connectivity index (χ3n) is 3.90. The van der Waals surface area contributed by atoms with Gasteiger partial charge >= 0.3 is 0 Å². The van der Waals surface area contributed by atoms with Crippen LogP contribution in [0.3, 0.4) is 0 Å². The molecule has 0 radical (unpaired) electrons. The van der Waals surface area contributed by atoms with Gasteiger partial charge in [0.05, 0.1) is 4.90 Å². The number of benzene rings is 2. The fourth-order valence-electron chi connectivity index (χ4n) is 2.17. The molecule has 0 heterocycles. The first-order valence-corrected chi connectivity index (χ1v) is 11.7. The van der Waals surface area contributed by atoms with E-state index in [1.165, 1.54) is 17.7 Å². The van der Waals surface area contributed by atoms with E-state index < -0.39 is 13.9 Å². The minimum Gasteiger partial charge on any atom is -0.143 e. The maximum atomic E-state index is 12.8. The van der Waals surface area contributed by atoms with Crippen LogP contribution in [0, 0.1) is 0 Å². The number of thiol groups is 1. The largest absolute Gasteiger partial charge is 0.253 e. The van der Waals surface area contributed by atoms with Gasteiger partial charge in [0.2, 0.25) is 0 Å². The summed E-state index contributed by atoms with van der Waals surface area (Å²) in [5.41, 5.74) is 2.01. The molecule has 0 aromatic heterocycles. The Morgan fingerprint density at radius 3 is 1.22 bits per heavy atom. The van der Waals surface area contributed by atoms with Gasteiger partial charge in [-0.05, 0) is 46.2 Å². The van der Waals surface area contributed by atoms with E-state index in [0.717, 1.165) is 4.90 Å². The van der Waals surface area contributed by atoms with Crippen molar-refractivity contribution in [2.24, 2.45) is 0 Å². The predicted octanol–water partition coefficient (Wildman–Crippen LogP) is 9.18. The molecule has 0 amide bonds. The van der Waals surface area contributed by atoms with E-state index in [-0.39, 0.29) is 10.8 Å². The molecule has 2 aromatic carbocycles. The number of rotatable bonds is 1. The maximum Gasteiger partial charge on any atom is 0.253 e. The molecule has 0 aliphatic carbocycles. The SMILES string of the molecule is CC(C)(C)c1ccc(S(F)(F)(F)(F)Cl)cc1.CC(C)(C)c1ccc(S)cc1. The Morgan fingerprint density at radius 2 is 0.963 bits per heavy atom. The Labute approximate surface area is 169 Å². The molecule has 2 aromatic rings. The van der Waals surface area contributed by atoms with Crippen LogP contribution in [0.15, 0.2) is 58.3 Å². The monoisotopic (exact) mass is 442 g/mol. The molecule has 0 atom stereocenters.